The summed E-state index contributed by atoms with van der Waals surface area (Å²) in [5, 5.41) is 2.62. The van der Waals surface area contributed by atoms with Crippen molar-refractivity contribution in [2.75, 3.05) is 32.8 Å². The van der Waals surface area contributed by atoms with Crippen LogP contribution >= 0.6 is 0 Å². The number of rotatable bonds is 8. The number of anilines is 1. The van der Waals surface area contributed by atoms with E-state index < -0.39 is 18.5 Å². The normalized spacial score (nSPS) is 10.8. The molecule has 7 heteroatoms. The third kappa shape index (κ3) is 6.71. The number of nitrogens with one attached hydrogen (secondary N) is 1. The molecule has 29 heavy (non-hydrogen) atoms. The van der Waals surface area contributed by atoms with E-state index in [1.54, 1.807) is 30.3 Å². The predicted molar refractivity (Wildman–Crippen MR) is 110 cm³/mol. The Kier molecular flexibility index (Phi) is 7.47. The van der Waals surface area contributed by atoms with Gasteiger partial charge in [0.1, 0.15) is 17.2 Å². The first-order chi connectivity index (χ1) is 13.7. The van der Waals surface area contributed by atoms with E-state index in [1.165, 1.54) is 14.2 Å². The largest absolute Gasteiger partial charge is 0.497 e. The molecule has 0 aliphatic rings. The van der Waals surface area contributed by atoms with Gasteiger partial charge in [0.25, 0.3) is 5.91 Å². The molecular weight excluding hydrogens is 374 g/mol. The highest BCUT2D eigenvalue weighted by Gasteiger charge is 2.14. The monoisotopic (exact) mass is 401 g/mol. The number of hydrogen-bond acceptors (Lipinski definition) is 6. The minimum absolute atomic E-state index is 0.0380. The number of carbonyl (C=O) groups excluding carboxylic acids is 2. The highest BCUT2D eigenvalue weighted by Crippen LogP contribution is 2.28. The van der Waals surface area contributed by atoms with Gasteiger partial charge in [-0.05, 0) is 35.2 Å². The number of benzene rings is 2. The Hall–Kier alpha value is -3.22. The molecule has 0 aromatic heterocycles. The fourth-order valence-electron chi connectivity index (χ4n) is 2.48. The summed E-state index contributed by atoms with van der Waals surface area (Å²) in [4.78, 5) is 23.9. The van der Waals surface area contributed by atoms with Crippen LogP contribution in [0.15, 0.2) is 42.5 Å². The van der Waals surface area contributed by atoms with Crippen molar-refractivity contribution in [3.8, 4) is 17.2 Å². The smallest absolute Gasteiger partial charge is 0.344 e. The lowest BCUT2D eigenvalue weighted by Crippen LogP contribution is -2.24. The van der Waals surface area contributed by atoms with Crippen LogP contribution in [0.4, 0.5) is 5.69 Å². The second kappa shape index (κ2) is 9.82. The van der Waals surface area contributed by atoms with Gasteiger partial charge in [-0.1, -0.05) is 32.9 Å². The number of esters is 1. The van der Waals surface area contributed by atoms with Crippen molar-refractivity contribution >= 4 is 17.6 Å². The molecule has 1 amide bonds. The fraction of sp³-hybridized carbons (Fsp3) is 0.364. The van der Waals surface area contributed by atoms with Gasteiger partial charge in [-0.15, -0.1) is 0 Å². The molecule has 0 bridgehead atoms. The van der Waals surface area contributed by atoms with Crippen molar-refractivity contribution in [3.05, 3.63) is 48.0 Å². The van der Waals surface area contributed by atoms with Crippen LogP contribution in [0.5, 0.6) is 17.2 Å². The van der Waals surface area contributed by atoms with Gasteiger partial charge in [-0.3, -0.25) is 4.79 Å². The van der Waals surface area contributed by atoms with Crippen molar-refractivity contribution < 1.29 is 28.5 Å². The Morgan fingerprint density at radius 1 is 0.897 bits per heavy atom. The van der Waals surface area contributed by atoms with Crippen molar-refractivity contribution in [2.24, 2.45) is 0 Å². The summed E-state index contributed by atoms with van der Waals surface area (Å²) in [6.45, 7) is 5.63. The van der Waals surface area contributed by atoms with E-state index in [-0.39, 0.29) is 12.0 Å². The van der Waals surface area contributed by atoms with Gasteiger partial charge < -0.3 is 24.3 Å². The molecule has 0 spiro atoms. The molecule has 1 N–H and O–H groups in total. The van der Waals surface area contributed by atoms with Gasteiger partial charge in [0.2, 0.25) is 0 Å². The summed E-state index contributed by atoms with van der Waals surface area (Å²) >= 11 is 0. The van der Waals surface area contributed by atoms with Gasteiger partial charge in [-0.25, -0.2) is 4.79 Å². The number of amides is 1. The molecule has 7 nitrogen and oxygen atoms in total. The number of methoxy groups -OCH3 is 2. The lowest BCUT2D eigenvalue weighted by Gasteiger charge is -2.19. The molecule has 0 aliphatic carbocycles. The minimum Gasteiger partial charge on any atom is -0.497 e. The van der Waals surface area contributed by atoms with Gasteiger partial charge in [0.05, 0.1) is 19.9 Å². The van der Waals surface area contributed by atoms with Crippen molar-refractivity contribution in [1.29, 1.82) is 0 Å². The molecule has 156 valence electrons. The summed E-state index contributed by atoms with van der Waals surface area (Å²) in [5.41, 5.74) is 1.62. The van der Waals surface area contributed by atoms with E-state index in [0.29, 0.717) is 22.9 Å². The SMILES string of the molecule is COc1ccc(OC)c(NC(=O)COC(=O)COc2ccc(C(C)(C)C)cc2)c1. The second-order valence-electron chi connectivity index (χ2n) is 7.34. The van der Waals surface area contributed by atoms with Crippen LogP contribution in [0.3, 0.4) is 0 Å². The molecule has 0 atom stereocenters. The molecule has 2 aromatic rings. The summed E-state index contributed by atoms with van der Waals surface area (Å²) in [6.07, 6.45) is 0. The Morgan fingerprint density at radius 2 is 1.55 bits per heavy atom. The second-order valence-corrected chi connectivity index (χ2v) is 7.34. The molecule has 0 saturated heterocycles. The average Bonchev–Trinajstić information content (AvgIpc) is 2.70. The standard InChI is InChI=1S/C22H27NO6/c1-22(2,3)15-6-8-16(9-7-15)28-14-21(25)29-13-20(24)23-18-12-17(26-4)10-11-19(18)27-5/h6-12H,13-14H2,1-5H3,(H,23,24). The third-order valence-corrected chi connectivity index (χ3v) is 4.12. The number of ether oxygens (including phenoxy) is 4. The van der Waals surface area contributed by atoms with E-state index in [9.17, 15) is 9.59 Å². The predicted octanol–water partition coefficient (Wildman–Crippen LogP) is 3.56. The first kappa shape index (κ1) is 22.1. The number of hydrogen-bond donors (Lipinski definition) is 1. The maximum Gasteiger partial charge on any atom is 0.344 e. The fourth-order valence-corrected chi connectivity index (χ4v) is 2.48. The van der Waals surface area contributed by atoms with E-state index in [4.69, 9.17) is 18.9 Å². The highest BCUT2D eigenvalue weighted by molar-refractivity contribution is 5.94. The van der Waals surface area contributed by atoms with Gasteiger partial charge in [-0.2, -0.15) is 0 Å². The topological polar surface area (TPSA) is 83.1 Å². The van der Waals surface area contributed by atoms with Crippen LogP contribution < -0.4 is 19.5 Å². The third-order valence-electron chi connectivity index (χ3n) is 4.12. The van der Waals surface area contributed by atoms with E-state index in [1.807, 2.05) is 12.1 Å². The maximum absolute atomic E-state index is 12.1. The highest BCUT2D eigenvalue weighted by atomic mass is 16.6. The Balaban J connectivity index is 1.81. The van der Waals surface area contributed by atoms with E-state index in [2.05, 4.69) is 26.1 Å². The first-order valence-corrected chi connectivity index (χ1v) is 9.14. The summed E-state index contributed by atoms with van der Waals surface area (Å²) < 4.78 is 20.7. The summed E-state index contributed by atoms with van der Waals surface area (Å²) in [7, 11) is 3.01. The Morgan fingerprint density at radius 3 is 2.14 bits per heavy atom. The zero-order chi connectivity index (χ0) is 21.4. The molecule has 0 radical (unpaired) electrons. The van der Waals surface area contributed by atoms with Gasteiger partial charge >= 0.3 is 5.97 Å². The zero-order valence-electron chi connectivity index (χ0n) is 17.4. The van der Waals surface area contributed by atoms with Gasteiger partial charge in [0.15, 0.2) is 13.2 Å². The van der Waals surface area contributed by atoms with Crippen LogP contribution in [-0.4, -0.2) is 39.3 Å². The molecule has 0 heterocycles. The molecule has 0 aliphatic heterocycles. The summed E-state index contributed by atoms with van der Waals surface area (Å²) in [6, 6.07) is 12.5. The van der Waals surface area contributed by atoms with Crippen LogP contribution in [0.25, 0.3) is 0 Å². The Labute approximate surface area is 170 Å². The molecular formula is C22H27NO6. The number of carbonyl (C=O) groups is 2. The molecule has 0 saturated carbocycles. The molecule has 0 unspecified atom stereocenters. The first-order valence-electron chi connectivity index (χ1n) is 9.14. The lowest BCUT2D eigenvalue weighted by molar-refractivity contribution is -0.149. The zero-order valence-corrected chi connectivity index (χ0v) is 17.4. The average molecular weight is 401 g/mol. The van der Waals surface area contributed by atoms with Crippen LogP contribution in [0.1, 0.15) is 26.3 Å². The van der Waals surface area contributed by atoms with Crippen LogP contribution in [0.2, 0.25) is 0 Å². The Bertz CT molecular complexity index is 839. The van der Waals surface area contributed by atoms with E-state index in [0.717, 1.165) is 5.56 Å². The van der Waals surface area contributed by atoms with Crippen molar-refractivity contribution in [2.45, 2.75) is 26.2 Å². The van der Waals surface area contributed by atoms with Crippen LogP contribution in [0, 0.1) is 0 Å². The van der Waals surface area contributed by atoms with Crippen molar-refractivity contribution in [1.82, 2.24) is 0 Å². The van der Waals surface area contributed by atoms with E-state index >= 15 is 0 Å². The lowest BCUT2D eigenvalue weighted by atomic mass is 9.87. The summed E-state index contributed by atoms with van der Waals surface area (Å²) in [5.74, 6) is 0.439. The quantitative estimate of drug-likeness (QED) is 0.681. The molecule has 2 aromatic carbocycles. The molecule has 2 rings (SSSR count). The molecule has 0 fully saturated rings. The maximum atomic E-state index is 12.1. The van der Waals surface area contributed by atoms with Crippen LogP contribution in [-0.2, 0) is 19.7 Å². The van der Waals surface area contributed by atoms with Crippen molar-refractivity contribution in [3.63, 3.8) is 0 Å². The van der Waals surface area contributed by atoms with Gasteiger partial charge in [0, 0.05) is 6.07 Å². The minimum atomic E-state index is -0.641.